The normalized spacial score (nSPS) is 18.6. The number of furan rings is 1. The molecule has 0 radical (unpaired) electrons. The predicted molar refractivity (Wildman–Crippen MR) is 83.6 cm³/mol. The maximum absolute atomic E-state index is 12.7. The minimum atomic E-state index is 0.0294. The zero-order valence-electron chi connectivity index (χ0n) is 12.9. The number of aryl methyl sites for hydroxylation is 2. The van der Waals surface area contributed by atoms with Gasteiger partial charge in [-0.15, -0.1) is 0 Å². The largest absolute Gasteiger partial charge is 0.450 e. The fraction of sp³-hybridized carbons (Fsp3) is 0.471. The zero-order chi connectivity index (χ0) is 15.0. The molecule has 1 aromatic heterocycles. The Morgan fingerprint density at radius 2 is 2.24 bits per heavy atom. The maximum Gasteiger partial charge on any atom is 0.289 e. The summed E-state index contributed by atoms with van der Waals surface area (Å²) in [7, 11) is 1.96. The Bertz CT molecular complexity index is 675. The number of para-hydroxylation sites is 1. The van der Waals surface area contributed by atoms with E-state index in [1.165, 1.54) is 0 Å². The number of carbonyl (C=O) groups is 1. The van der Waals surface area contributed by atoms with Crippen molar-refractivity contribution in [3.8, 4) is 0 Å². The summed E-state index contributed by atoms with van der Waals surface area (Å²) >= 11 is 0. The second-order valence-corrected chi connectivity index (χ2v) is 5.97. The van der Waals surface area contributed by atoms with Crippen LogP contribution < -0.4 is 5.32 Å². The molecule has 1 N–H and O–H groups in total. The van der Waals surface area contributed by atoms with E-state index in [1.807, 2.05) is 44.0 Å². The first-order chi connectivity index (χ1) is 10.1. The number of hydrogen-bond donors (Lipinski definition) is 1. The Balaban J connectivity index is 1.89. The van der Waals surface area contributed by atoms with Crippen LogP contribution in [-0.2, 0) is 0 Å². The first-order valence-corrected chi connectivity index (χ1v) is 7.54. The van der Waals surface area contributed by atoms with Crippen molar-refractivity contribution in [2.75, 3.05) is 26.7 Å². The number of hydrogen-bond acceptors (Lipinski definition) is 3. The van der Waals surface area contributed by atoms with Gasteiger partial charge in [-0.05, 0) is 45.3 Å². The smallest absolute Gasteiger partial charge is 0.289 e. The lowest BCUT2D eigenvalue weighted by Gasteiger charge is -2.15. The molecule has 0 spiro atoms. The molecule has 1 unspecified atom stereocenters. The third-order valence-electron chi connectivity index (χ3n) is 4.42. The lowest BCUT2D eigenvalue weighted by atomic mass is 10.1. The van der Waals surface area contributed by atoms with E-state index in [4.69, 9.17) is 4.42 Å². The molecule has 0 bridgehead atoms. The second kappa shape index (κ2) is 5.53. The van der Waals surface area contributed by atoms with Gasteiger partial charge >= 0.3 is 0 Å². The van der Waals surface area contributed by atoms with Gasteiger partial charge in [0.1, 0.15) is 5.58 Å². The van der Waals surface area contributed by atoms with Gasteiger partial charge in [0.05, 0.1) is 0 Å². The fourth-order valence-electron chi connectivity index (χ4n) is 3.20. The first kappa shape index (κ1) is 14.1. The van der Waals surface area contributed by atoms with Crippen LogP contribution in [0.4, 0.5) is 0 Å². The molecule has 21 heavy (non-hydrogen) atoms. The Kier molecular flexibility index (Phi) is 3.72. The highest BCUT2D eigenvalue weighted by molar-refractivity contribution is 5.99. The lowest BCUT2D eigenvalue weighted by molar-refractivity contribution is 0.0757. The number of likely N-dealkylation sites (tertiary alicyclic amines) is 1. The lowest BCUT2D eigenvalue weighted by Crippen LogP contribution is -2.30. The number of rotatable bonds is 3. The molecule has 1 aromatic carbocycles. The molecule has 1 saturated heterocycles. The van der Waals surface area contributed by atoms with E-state index < -0.39 is 0 Å². The molecule has 4 heteroatoms. The average Bonchev–Trinajstić information content (AvgIpc) is 3.06. The van der Waals surface area contributed by atoms with Gasteiger partial charge < -0.3 is 14.6 Å². The Labute approximate surface area is 125 Å². The van der Waals surface area contributed by atoms with Crippen LogP contribution in [0.5, 0.6) is 0 Å². The van der Waals surface area contributed by atoms with Crippen molar-refractivity contribution < 1.29 is 9.21 Å². The number of benzene rings is 1. The van der Waals surface area contributed by atoms with E-state index in [1.54, 1.807) is 0 Å². The van der Waals surface area contributed by atoms with Crippen molar-refractivity contribution in [3.05, 3.63) is 35.1 Å². The molecular formula is C17H22N2O2. The van der Waals surface area contributed by atoms with Gasteiger partial charge in [0.15, 0.2) is 5.76 Å². The van der Waals surface area contributed by atoms with Gasteiger partial charge in [-0.25, -0.2) is 0 Å². The predicted octanol–water partition coefficient (Wildman–Crippen LogP) is 2.73. The van der Waals surface area contributed by atoms with Gasteiger partial charge in [-0.3, -0.25) is 4.79 Å². The van der Waals surface area contributed by atoms with Crippen molar-refractivity contribution in [2.24, 2.45) is 5.92 Å². The van der Waals surface area contributed by atoms with Crippen LogP contribution in [-0.4, -0.2) is 37.5 Å². The highest BCUT2D eigenvalue weighted by Gasteiger charge is 2.29. The molecule has 1 aliphatic rings. The average molecular weight is 286 g/mol. The number of carbonyl (C=O) groups excluding carboxylic acids is 1. The summed E-state index contributed by atoms with van der Waals surface area (Å²) in [5.41, 5.74) is 2.87. The van der Waals surface area contributed by atoms with Gasteiger partial charge in [0, 0.05) is 24.0 Å². The summed E-state index contributed by atoms with van der Waals surface area (Å²) < 4.78 is 5.89. The molecule has 2 aromatic rings. The Morgan fingerprint density at radius 3 is 2.95 bits per heavy atom. The molecule has 1 atom stereocenters. The second-order valence-electron chi connectivity index (χ2n) is 5.97. The van der Waals surface area contributed by atoms with Crippen LogP contribution in [0, 0.1) is 19.8 Å². The van der Waals surface area contributed by atoms with E-state index in [2.05, 4.69) is 5.32 Å². The van der Waals surface area contributed by atoms with E-state index in [0.717, 1.165) is 48.2 Å². The molecule has 112 valence electrons. The summed E-state index contributed by atoms with van der Waals surface area (Å²) in [6.07, 6.45) is 1.06. The SMILES string of the molecule is CNCC1CCN(C(=O)c2oc3c(C)cccc3c2C)C1. The van der Waals surface area contributed by atoms with Crippen LogP contribution in [0.2, 0.25) is 0 Å². The number of nitrogens with one attached hydrogen (secondary N) is 1. The van der Waals surface area contributed by atoms with E-state index in [-0.39, 0.29) is 5.91 Å². The Morgan fingerprint density at radius 1 is 1.43 bits per heavy atom. The molecule has 1 amide bonds. The van der Waals surface area contributed by atoms with E-state index >= 15 is 0 Å². The number of fused-ring (bicyclic) bond motifs is 1. The standard InChI is InChI=1S/C17H22N2O2/c1-11-5-4-6-14-12(2)16(21-15(11)14)17(20)19-8-7-13(10-19)9-18-3/h4-6,13,18H,7-10H2,1-3H3. The third kappa shape index (κ3) is 2.44. The topological polar surface area (TPSA) is 45.5 Å². The van der Waals surface area contributed by atoms with E-state index in [0.29, 0.717) is 11.7 Å². The summed E-state index contributed by atoms with van der Waals surface area (Å²) in [6.45, 7) is 6.58. The molecule has 4 nitrogen and oxygen atoms in total. The van der Waals surface area contributed by atoms with Gasteiger partial charge in [0.25, 0.3) is 5.91 Å². The zero-order valence-corrected chi connectivity index (χ0v) is 12.9. The summed E-state index contributed by atoms with van der Waals surface area (Å²) in [5.74, 6) is 1.08. The minimum absolute atomic E-state index is 0.0294. The third-order valence-corrected chi connectivity index (χ3v) is 4.42. The van der Waals surface area contributed by atoms with Gasteiger partial charge in [0.2, 0.25) is 0 Å². The summed E-state index contributed by atoms with van der Waals surface area (Å²) in [5, 5.41) is 4.23. The molecule has 3 rings (SSSR count). The Hall–Kier alpha value is -1.81. The molecule has 1 fully saturated rings. The van der Waals surface area contributed by atoms with Crippen LogP contribution in [0.25, 0.3) is 11.0 Å². The van der Waals surface area contributed by atoms with Crippen molar-refractivity contribution in [2.45, 2.75) is 20.3 Å². The maximum atomic E-state index is 12.7. The number of amides is 1. The molecule has 0 saturated carbocycles. The molecular weight excluding hydrogens is 264 g/mol. The highest BCUT2D eigenvalue weighted by atomic mass is 16.3. The summed E-state index contributed by atoms with van der Waals surface area (Å²) in [4.78, 5) is 14.6. The number of nitrogens with zero attached hydrogens (tertiary/aromatic N) is 1. The van der Waals surface area contributed by atoms with Crippen LogP contribution in [0.1, 0.15) is 28.1 Å². The quantitative estimate of drug-likeness (QED) is 0.943. The highest BCUT2D eigenvalue weighted by Crippen LogP contribution is 2.29. The van der Waals surface area contributed by atoms with Crippen molar-refractivity contribution >= 4 is 16.9 Å². The fourth-order valence-corrected chi connectivity index (χ4v) is 3.20. The molecule has 2 heterocycles. The van der Waals surface area contributed by atoms with Crippen molar-refractivity contribution in [3.63, 3.8) is 0 Å². The van der Waals surface area contributed by atoms with Gasteiger partial charge in [-0.2, -0.15) is 0 Å². The monoisotopic (exact) mass is 286 g/mol. The van der Waals surface area contributed by atoms with E-state index in [9.17, 15) is 4.79 Å². The van der Waals surface area contributed by atoms with Crippen LogP contribution >= 0.6 is 0 Å². The molecule has 1 aliphatic heterocycles. The van der Waals surface area contributed by atoms with Crippen LogP contribution in [0.3, 0.4) is 0 Å². The first-order valence-electron chi connectivity index (χ1n) is 7.54. The minimum Gasteiger partial charge on any atom is -0.450 e. The molecule has 0 aliphatic carbocycles. The van der Waals surface area contributed by atoms with Crippen LogP contribution in [0.15, 0.2) is 22.6 Å². The summed E-state index contributed by atoms with van der Waals surface area (Å²) in [6, 6.07) is 6.04. The van der Waals surface area contributed by atoms with Crippen molar-refractivity contribution in [1.29, 1.82) is 0 Å². The van der Waals surface area contributed by atoms with Gasteiger partial charge in [-0.1, -0.05) is 18.2 Å². The van der Waals surface area contributed by atoms with Crippen molar-refractivity contribution in [1.82, 2.24) is 10.2 Å².